The van der Waals surface area contributed by atoms with E-state index in [1.54, 1.807) is 0 Å². The molecule has 0 saturated carbocycles. The van der Waals surface area contributed by atoms with Crippen molar-refractivity contribution in [1.82, 2.24) is 14.8 Å². The zero-order valence-corrected chi connectivity index (χ0v) is 25.2. The zero-order valence-electron chi connectivity index (χ0n) is 22.8. The predicted molar refractivity (Wildman–Crippen MR) is 157 cm³/mol. The van der Waals surface area contributed by atoms with E-state index in [9.17, 15) is 9.59 Å². The summed E-state index contributed by atoms with van der Waals surface area (Å²) < 4.78 is 13.4. The van der Waals surface area contributed by atoms with Gasteiger partial charge in [0.2, 0.25) is 5.91 Å². The van der Waals surface area contributed by atoms with Gasteiger partial charge >= 0.3 is 5.97 Å². The molecule has 11 heteroatoms. The van der Waals surface area contributed by atoms with Crippen LogP contribution in [0.25, 0.3) is 0 Å². The number of ether oxygens (including phenoxy) is 2. The van der Waals surface area contributed by atoms with Gasteiger partial charge in [0, 0.05) is 22.9 Å². The highest BCUT2D eigenvalue weighted by atomic mass is 35.5. The highest BCUT2D eigenvalue weighted by molar-refractivity contribution is 7.99. The monoisotopic (exact) mass is 590 g/mol. The number of benzene rings is 1. The summed E-state index contributed by atoms with van der Waals surface area (Å²) in [6.45, 7) is 8.92. The van der Waals surface area contributed by atoms with Crippen molar-refractivity contribution in [3.8, 4) is 5.75 Å². The summed E-state index contributed by atoms with van der Waals surface area (Å²) in [7, 11) is 0. The van der Waals surface area contributed by atoms with E-state index in [4.69, 9.17) is 21.1 Å². The van der Waals surface area contributed by atoms with Gasteiger partial charge in [-0.15, -0.1) is 21.5 Å². The topological polar surface area (TPSA) is 95.3 Å². The van der Waals surface area contributed by atoms with Crippen LogP contribution < -0.4 is 10.1 Å². The molecule has 0 aliphatic heterocycles. The molecule has 0 atom stereocenters. The van der Waals surface area contributed by atoms with Crippen LogP contribution in [0.5, 0.6) is 5.75 Å². The molecule has 8 nitrogen and oxygen atoms in total. The fourth-order valence-corrected chi connectivity index (χ4v) is 6.89. The summed E-state index contributed by atoms with van der Waals surface area (Å²) in [5.41, 5.74) is 2.56. The first-order chi connectivity index (χ1) is 18.8. The van der Waals surface area contributed by atoms with E-state index < -0.39 is 0 Å². The summed E-state index contributed by atoms with van der Waals surface area (Å²) in [6.07, 6.45) is 5.17. The molecule has 1 aromatic carbocycles. The second kappa shape index (κ2) is 13.7. The van der Waals surface area contributed by atoms with Gasteiger partial charge in [0.1, 0.15) is 16.6 Å². The Morgan fingerprint density at radius 1 is 1.23 bits per heavy atom. The molecule has 2 heterocycles. The SMILES string of the molecule is CCn1c(CCCOc2ccc(Cl)cc2C)nnc1SCC(=O)Nc1sc2c(c1C(=O)OC(C)C)CCCC2. The number of halogens is 1. The Labute approximate surface area is 242 Å². The number of esters is 1. The minimum atomic E-state index is -0.363. The fraction of sp³-hybridized carbons (Fsp3) is 0.500. The molecular weight excluding hydrogens is 556 g/mol. The molecule has 1 amide bonds. The zero-order chi connectivity index (χ0) is 27.9. The van der Waals surface area contributed by atoms with Crippen LogP contribution in [0.4, 0.5) is 5.00 Å². The molecule has 1 aliphatic rings. The van der Waals surface area contributed by atoms with Gasteiger partial charge in [-0.1, -0.05) is 23.4 Å². The highest BCUT2D eigenvalue weighted by Gasteiger charge is 2.28. The maximum atomic E-state index is 12.9. The van der Waals surface area contributed by atoms with Gasteiger partial charge in [-0.2, -0.15) is 0 Å². The van der Waals surface area contributed by atoms with Crippen LogP contribution in [-0.4, -0.2) is 45.1 Å². The fourth-order valence-electron chi connectivity index (χ4n) is 4.55. The average Bonchev–Trinajstić information content (AvgIpc) is 3.46. The number of carbonyl (C=O) groups excluding carboxylic acids is 2. The first kappa shape index (κ1) is 29.4. The Bertz CT molecular complexity index is 1320. The minimum absolute atomic E-state index is 0.165. The van der Waals surface area contributed by atoms with E-state index in [-0.39, 0.29) is 23.7 Å². The van der Waals surface area contributed by atoms with Crippen LogP contribution >= 0.6 is 34.7 Å². The Balaban J connectivity index is 1.33. The number of thiophene rings is 1. The van der Waals surface area contributed by atoms with Crippen LogP contribution in [0.1, 0.15) is 72.2 Å². The number of hydrogen-bond donors (Lipinski definition) is 1. The largest absolute Gasteiger partial charge is 0.493 e. The quantitative estimate of drug-likeness (QED) is 0.146. The van der Waals surface area contributed by atoms with Crippen molar-refractivity contribution < 1.29 is 19.1 Å². The third kappa shape index (κ3) is 7.55. The molecule has 0 saturated heterocycles. The van der Waals surface area contributed by atoms with Crippen molar-refractivity contribution in [3.05, 3.63) is 50.6 Å². The van der Waals surface area contributed by atoms with E-state index in [0.717, 1.165) is 54.8 Å². The Morgan fingerprint density at radius 3 is 2.77 bits per heavy atom. The third-order valence-corrected chi connectivity index (χ3v) is 8.76. The smallest absolute Gasteiger partial charge is 0.341 e. The number of nitrogens with zero attached hydrogens (tertiary/aromatic N) is 3. The molecular formula is C28H35ClN4O4S2. The molecule has 4 rings (SSSR count). The maximum absolute atomic E-state index is 12.9. The van der Waals surface area contributed by atoms with Gasteiger partial charge in [-0.05, 0) is 89.1 Å². The number of nitrogens with one attached hydrogen (secondary N) is 1. The number of carbonyl (C=O) groups is 2. The number of hydrogen-bond acceptors (Lipinski definition) is 8. The maximum Gasteiger partial charge on any atom is 0.341 e. The van der Waals surface area contributed by atoms with Crippen molar-refractivity contribution in [1.29, 1.82) is 0 Å². The lowest BCUT2D eigenvalue weighted by Gasteiger charge is -2.14. The molecule has 3 aromatic rings. The lowest BCUT2D eigenvalue weighted by molar-refractivity contribution is -0.113. The molecule has 210 valence electrons. The second-order valence-electron chi connectivity index (χ2n) is 9.71. The molecule has 1 aliphatic carbocycles. The minimum Gasteiger partial charge on any atom is -0.493 e. The van der Waals surface area contributed by atoms with Gasteiger partial charge in [0.15, 0.2) is 5.16 Å². The van der Waals surface area contributed by atoms with Crippen LogP contribution in [-0.2, 0) is 35.3 Å². The van der Waals surface area contributed by atoms with E-state index in [0.29, 0.717) is 40.3 Å². The summed E-state index contributed by atoms with van der Waals surface area (Å²) in [4.78, 5) is 27.0. The molecule has 1 N–H and O–H groups in total. The molecule has 0 spiro atoms. The highest BCUT2D eigenvalue weighted by Crippen LogP contribution is 2.39. The van der Waals surface area contributed by atoms with Gasteiger partial charge in [-0.25, -0.2) is 4.79 Å². The van der Waals surface area contributed by atoms with Gasteiger partial charge < -0.3 is 19.4 Å². The first-order valence-corrected chi connectivity index (χ1v) is 15.5. The standard InChI is InChI=1S/C28H35ClN4O4S2/c1-5-33-23(11-8-14-36-21-13-12-19(29)15-18(21)4)31-32-28(33)38-16-24(34)30-26-25(27(35)37-17(2)3)20-9-6-7-10-22(20)39-26/h12-13,15,17H,5-11,14,16H2,1-4H3,(H,30,34). The number of rotatable bonds is 12. The van der Waals surface area contributed by atoms with Crippen molar-refractivity contribution in [2.75, 3.05) is 17.7 Å². The van der Waals surface area contributed by atoms with E-state index in [2.05, 4.69) is 15.5 Å². The first-order valence-electron chi connectivity index (χ1n) is 13.4. The van der Waals surface area contributed by atoms with Crippen molar-refractivity contribution in [2.45, 2.75) is 84.0 Å². The lowest BCUT2D eigenvalue weighted by atomic mass is 9.95. The molecule has 0 radical (unpaired) electrons. The number of aromatic nitrogens is 3. The van der Waals surface area contributed by atoms with Crippen molar-refractivity contribution in [2.24, 2.45) is 0 Å². The molecule has 0 bridgehead atoms. The number of fused-ring (bicyclic) bond motifs is 1. The van der Waals surface area contributed by atoms with Crippen LogP contribution in [0.2, 0.25) is 5.02 Å². The van der Waals surface area contributed by atoms with E-state index in [1.165, 1.54) is 28.0 Å². The third-order valence-electron chi connectivity index (χ3n) is 6.35. The number of thioether (sulfide) groups is 1. The Kier molecular flexibility index (Phi) is 10.3. The van der Waals surface area contributed by atoms with Crippen LogP contribution in [0.3, 0.4) is 0 Å². The number of aryl methyl sites for hydroxylation is 3. The van der Waals surface area contributed by atoms with E-state index in [1.807, 2.05) is 50.5 Å². The van der Waals surface area contributed by atoms with Crippen molar-refractivity contribution >= 4 is 51.6 Å². The number of amides is 1. The summed E-state index contributed by atoms with van der Waals surface area (Å²) in [5.74, 6) is 1.31. The lowest BCUT2D eigenvalue weighted by Crippen LogP contribution is -2.19. The predicted octanol–water partition coefficient (Wildman–Crippen LogP) is 6.51. The normalized spacial score (nSPS) is 12.9. The second-order valence-corrected chi connectivity index (χ2v) is 12.2. The summed E-state index contributed by atoms with van der Waals surface area (Å²) in [5, 5.41) is 13.6. The molecule has 0 unspecified atom stereocenters. The average molecular weight is 591 g/mol. The summed E-state index contributed by atoms with van der Waals surface area (Å²) in [6, 6.07) is 5.59. The van der Waals surface area contributed by atoms with Crippen LogP contribution in [0.15, 0.2) is 23.4 Å². The van der Waals surface area contributed by atoms with Gasteiger partial charge in [0.05, 0.1) is 24.0 Å². The van der Waals surface area contributed by atoms with Gasteiger partial charge in [-0.3, -0.25) is 4.79 Å². The molecule has 2 aromatic heterocycles. The Hall–Kier alpha value is -2.56. The van der Waals surface area contributed by atoms with E-state index >= 15 is 0 Å². The number of anilines is 1. The van der Waals surface area contributed by atoms with Crippen molar-refractivity contribution in [3.63, 3.8) is 0 Å². The molecule has 39 heavy (non-hydrogen) atoms. The summed E-state index contributed by atoms with van der Waals surface area (Å²) >= 11 is 8.86. The van der Waals surface area contributed by atoms with Crippen LogP contribution in [0, 0.1) is 6.92 Å². The Morgan fingerprint density at radius 2 is 2.03 bits per heavy atom. The van der Waals surface area contributed by atoms with Gasteiger partial charge in [0.25, 0.3) is 0 Å². The molecule has 0 fully saturated rings.